The van der Waals surface area contributed by atoms with Crippen LogP contribution < -0.4 is 5.32 Å². The summed E-state index contributed by atoms with van der Waals surface area (Å²) in [6.45, 7) is 2.23. The third-order valence-corrected chi connectivity index (χ3v) is 5.26. The van der Waals surface area contributed by atoms with Crippen molar-refractivity contribution in [2.75, 3.05) is 13.1 Å². The Morgan fingerprint density at radius 1 is 1.04 bits per heavy atom. The predicted molar refractivity (Wildman–Crippen MR) is 94.6 cm³/mol. The number of rotatable bonds is 5. The zero-order chi connectivity index (χ0) is 16.8. The van der Waals surface area contributed by atoms with Crippen LogP contribution in [0.15, 0.2) is 24.3 Å². The van der Waals surface area contributed by atoms with Crippen LogP contribution in [0.1, 0.15) is 67.3 Å². The molecule has 130 valence electrons. The van der Waals surface area contributed by atoms with Gasteiger partial charge in [0, 0.05) is 31.6 Å². The van der Waals surface area contributed by atoms with Crippen molar-refractivity contribution in [2.45, 2.75) is 57.9 Å². The van der Waals surface area contributed by atoms with E-state index in [0.717, 1.165) is 37.1 Å². The second-order valence-corrected chi connectivity index (χ2v) is 7.18. The molecule has 4 nitrogen and oxygen atoms in total. The van der Waals surface area contributed by atoms with Crippen LogP contribution in [0.5, 0.6) is 0 Å². The molecule has 2 fully saturated rings. The number of benzene rings is 1. The van der Waals surface area contributed by atoms with Gasteiger partial charge < -0.3 is 10.2 Å². The van der Waals surface area contributed by atoms with Gasteiger partial charge in [-0.05, 0) is 49.3 Å². The van der Waals surface area contributed by atoms with Crippen molar-refractivity contribution in [3.8, 4) is 0 Å². The molecule has 1 saturated heterocycles. The summed E-state index contributed by atoms with van der Waals surface area (Å²) in [5, 5.41) is 3.02. The Morgan fingerprint density at radius 3 is 2.54 bits per heavy atom. The van der Waals surface area contributed by atoms with Crippen molar-refractivity contribution in [3.05, 3.63) is 35.4 Å². The highest BCUT2D eigenvalue weighted by Gasteiger charge is 2.20. The maximum Gasteiger partial charge on any atom is 0.253 e. The highest BCUT2D eigenvalue weighted by molar-refractivity contribution is 5.94. The SMILES string of the molecule is O=C(CC1CCCCC1)NCc1cccc(C(=O)N2CCCC2)c1. The van der Waals surface area contributed by atoms with Gasteiger partial charge in [0.15, 0.2) is 0 Å². The molecule has 0 unspecified atom stereocenters. The predicted octanol–water partition coefficient (Wildman–Crippen LogP) is 3.51. The van der Waals surface area contributed by atoms with Gasteiger partial charge in [-0.3, -0.25) is 9.59 Å². The van der Waals surface area contributed by atoms with Crippen LogP contribution in [0.4, 0.5) is 0 Å². The number of amides is 2. The quantitative estimate of drug-likeness (QED) is 0.899. The monoisotopic (exact) mass is 328 g/mol. The zero-order valence-electron chi connectivity index (χ0n) is 14.4. The first-order chi connectivity index (χ1) is 11.7. The Kier molecular flexibility index (Phi) is 5.89. The average molecular weight is 328 g/mol. The molecule has 1 aliphatic carbocycles. The van der Waals surface area contributed by atoms with E-state index in [1.54, 1.807) is 0 Å². The first-order valence-corrected chi connectivity index (χ1v) is 9.37. The fraction of sp³-hybridized carbons (Fsp3) is 0.600. The molecule has 1 aromatic carbocycles. The number of likely N-dealkylation sites (tertiary alicyclic amines) is 1. The summed E-state index contributed by atoms with van der Waals surface area (Å²) in [5.41, 5.74) is 1.73. The lowest BCUT2D eigenvalue weighted by molar-refractivity contribution is -0.122. The molecule has 24 heavy (non-hydrogen) atoms. The summed E-state index contributed by atoms with van der Waals surface area (Å²) in [4.78, 5) is 26.5. The molecule has 1 heterocycles. The zero-order valence-corrected chi connectivity index (χ0v) is 14.4. The Morgan fingerprint density at radius 2 is 1.79 bits per heavy atom. The lowest BCUT2D eigenvalue weighted by Crippen LogP contribution is -2.28. The van der Waals surface area contributed by atoms with Gasteiger partial charge in [-0.1, -0.05) is 31.4 Å². The highest BCUT2D eigenvalue weighted by Crippen LogP contribution is 2.26. The Hall–Kier alpha value is -1.84. The van der Waals surface area contributed by atoms with Crippen LogP contribution in [0, 0.1) is 5.92 Å². The van der Waals surface area contributed by atoms with E-state index in [1.807, 2.05) is 29.2 Å². The number of nitrogens with one attached hydrogen (secondary N) is 1. The normalized spacial score (nSPS) is 18.6. The molecule has 2 amide bonds. The Labute approximate surface area is 144 Å². The fourth-order valence-electron chi connectivity index (χ4n) is 3.84. The molecule has 1 N–H and O–H groups in total. The molecule has 1 aromatic rings. The average Bonchev–Trinajstić information content (AvgIpc) is 3.15. The maximum absolute atomic E-state index is 12.4. The van der Waals surface area contributed by atoms with Gasteiger partial charge in [-0.2, -0.15) is 0 Å². The molecule has 0 aromatic heterocycles. The minimum absolute atomic E-state index is 0.114. The molecule has 3 rings (SSSR count). The van der Waals surface area contributed by atoms with Crippen LogP contribution in [-0.2, 0) is 11.3 Å². The van der Waals surface area contributed by atoms with Crippen molar-refractivity contribution in [1.29, 1.82) is 0 Å². The van der Waals surface area contributed by atoms with Crippen LogP contribution in [-0.4, -0.2) is 29.8 Å². The van der Waals surface area contributed by atoms with Crippen LogP contribution in [0.3, 0.4) is 0 Å². The van der Waals surface area contributed by atoms with Gasteiger partial charge in [0.05, 0.1) is 0 Å². The Bertz CT molecular complexity index is 573. The van der Waals surface area contributed by atoms with E-state index < -0.39 is 0 Å². The smallest absolute Gasteiger partial charge is 0.253 e. The fourth-order valence-corrected chi connectivity index (χ4v) is 3.84. The van der Waals surface area contributed by atoms with Gasteiger partial charge in [-0.15, -0.1) is 0 Å². The number of nitrogens with zero attached hydrogens (tertiary/aromatic N) is 1. The number of hydrogen-bond acceptors (Lipinski definition) is 2. The summed E-state index contributed by atoms with van der Waals surface area (Å²) >= 11 is 0. The first kappa shape index (κ1) is 17.0. The number of hydrogen-bond donors (Lipinski definition) is 1. The van der Waals surface area contributed by atoms with Crippen molar-refractivity contribution in [3.63, 3.8) is 0 Å². The largest absolute Gasteiger partial charge is 0.352 e. The van der Waals surface area contributed by atoms with Gasteiger partial charge in [0.2, 0.25) is 5.91 Å². The van der Waals surface area contributed by atoms with Crippen molar-refractivity contribution in [1.82, 2.24) is 10.2 Å². The minimum Gasteiger partial charge on any atom is -0.352 e. The summed E-state index contributed by atoms with van der Waals surface area (Å²) < 4.78 is 0. The third-order valence-electron chi connectivity index (χ3n) is 5.26. The lowest BCUT2D eigenvalue weighted by atomic mass is 9.87. The molecular weight excluding hydrogens is 300 g/mol. The van der Waals surface area contributed by atoms with Crippen molar-refractivity contribution in [2.24, 2.45) is 5.92 Å². The molecule has 0 bridgehead atoms. The van der Waals surface area contributed by atoms with Crippen LogP contribution in [0.25, 0.3) is 0 Å². The summed E-state index contributed by atoms with van der Waals surface area (Å²) in [5.74, 6) is 0.808. The van der Waals surface area contributed by atoms with Crippen LogP contribution in [0.2, 0.25) is 0 Å². The third kappa shape index (κ3) is 4.59. The molecule has 0 spiro atoms. The van der Waals surface area contributed by atoms with E-state index in [9.17, 15) is 9.59 Å². The summed E-state index contributed by atoms with van der Waals surface area (Å²) in [6.07, 6.45) is 9.06. The van der Waals surface area contributed by atoms with Gasteiger partial charge >= 0.3 is 0 Å². The van der Waals surface area contributed by atoms with Crippen molar-refractivity contribution >= 4 is 11.8 Å². The number of carbonyl (C=O) groups excluding carboxylic acids is 2. The lowest BCUT2D eigenvalue weighted by Gasteiger charge is -2.20. The molecule has 0 radical (unpaired) electrons. The highest BCUT2D eigenvalue weighted by atomic mass is 16.2. The van der Waals surface area contributed by atoms with E-state index in [2.05, 4.69) is 5.32 Å². The van der Waals surface area contributed by atoms with E-state index in [-0.39, 0.29) is 11.8 Å². The molecule has 1 aliphatic heterocycles. The van der Waals surface area contributed by atoms with E-state index in [1.165, 1.54) is 32.1 Å². The molecular formula is C20H28N2O2. The van der Waals surface area contributed by atoms with Crippen molar-refractivity contribution < 1.29 is 9.59 Å². The van der Waals surface area contributed by atoms with E-state index in [0.29, 0.717) is 18.9 Å². The Balaban J connectivity index is 1.50. The second-order valence-electron chi connectivity index (χ2n) is 7.18. The topological polar surface area (TPSA) is 49.4 Å². The summed E-state index contributed by atoms with van der Waals surface area (Å²) in [6, 6.07) is 7.67. The standard InChI is InChI=1S/C20H28N2O2/c23-19(14-16-7-2-1-3-8-16)21-15-17-9-6-10-18(13-17)20(24)22-11-4-5-12-22/h6,9-10,13,16H,1-5,7-8,11-12,14-15H2,(H,21,23). The first-order valence-electron chi connectivity index (χ1n) is 9.37. The van der Waals surface area contributed by atoms with Gasteiger partial charge in [0.25, 0.3) is 5.91 Å². The van der Waals surface area contributed by atoms with E-state index >= 15 is 0 Å². The molecule has 0 atom stereocenters. The summed E-state index contributed by atoms with van der Waals surface area (Å²) in [7, 11) is 0. The van der Waals surface area contributed by atoms with Gasteiger partial charge in [-0.25, -0.2) is 0 Å². The minimum atomic E-state index is 0.114. The van der Waals surface area contributed by atoms with Crippen LogP contribution >= 0.6 is 0 Å². The van der Waals surface area contributed by atoms with E-state index in [4.69, 9.17) is 0 Å². The second kappa shape index (κ2) is 8.32. The molecule has 4 heteroatoms. The maximum atomic E-state index is 12.4. The molecule has 1 saturated carbocycles. The number of carbonyl (C=O) groups is 2. The van der Waals surface area contributed by atoms with Gasteiger partial charge in [0.1, 0.15) is 0 Å². The molecule has 2 aliphatic rings.